The summed E-state index contributed by atoms with van der Waals surface area (Å²) in [6.07, 6.45) is -0.424. The number of hydrogen-bond donors (Lipinski definition) is 2. The Hall–Kier alpha value is -1.26. The first kappa shape index (κ1) is 10.3. The van der Waals surface area contributed by atoms with E-state index in [2.05, 4.69) is 5.32 Å². The number of rotatable bonds is 3. The van der Waals surface area contributed by atoms with Crippen LogP contribution in [-0.2, 0) is 4.74 Å². The fraction of sp³-hybridized carbons (Fsp3) is 0.455. The lowest BCUT2D eigenvalue weighted by molar-refractivity contribution is 0.125. The molecule has 0 aromatic heterocycles. The van der Waals surface area contributed by atoms with E-state index in [1.54, 1.807) is 7.11 Å². The summed E-state index contributed by atoms with van der Waals surface area (Å²) in [4.78, 5) is 0. The molecule has 82 valence electrons. The summed E-state index contributed by atoms with van der Waals surface area (Å²) in [5.41, 5.74) is 0.963. The first-order valence-corrected chi connectivity index (χ1v) is 4.96. The van der Waals surface area contributed by atoms with Crippen LogP contribution in [0.3, 0.4) is 0 Å². The molecule has 1 aromatic carbocycles. The van der Waals surface area contributed by atoms with Crippen LogP contribution >= 0.6 is 0 Å². The van der Waals surface area contributed by atoms with E-state index < -0.39 is 6.10 Å². The van der Waals surface area contributed by atoms with Crippen LogP contribution in [-0.4, -0.2) is 37.6 Å². The predicted molar refractivity (Wildman–Crippen MR) is 57.2 cm³/mol. The Balaban J connectivity index is 1.98. The normalized spacial score (nSPS) is 25.2. The van der Waals surface area contributed by atoms with Gasteiger partial charge in [0.05, 0.1) is 32.5 Å². The molecule has 1 aromatic rings. The maximum absolute atomic E-state index is 9.54. The zero-order valence-corrected chi connectivity index (χ0v) is 8.64. The van der Waals surface area contributed by atoms with Gasteiger partial charge in [-0.15, -0.1) is 0 Å². The van der Waals surface area contributed by atoms with Gasteiger partial charge in [-0.05, 0) is 24.3 Å². The van der Waals surface area contributed by atoms with Crippen molar-refractivity contribution >= 4 is 5.69 Å². The smallest absolute Gasteiger partial charge is 0.119 e. The average Bonchev–Trinajstić information content (AvgIpc) is 2.66. The van der Waals surface area contributed by atoms with Crippen molar-refractivity contribution in [1.29, 1.82) is 0 Å². The van der Waals surface area contributed by atoms with Gasteiger partial charge in [-0.1, -0.05) is 0 Å². The van der Waals surface area contributed by atoms with Gasteiger partial charge in [-0.2, -0.15) is 0 Å². The van der Waals surface area contributed by atoms with Crippen molar-refractivity contribution in [1.82, 2.24) is 0 Å². The topological polar surface area (TPSA) is 50.7 Å². The third-order valence-electron chi connectivity index (χ3n) is 2.49. The minimum atomic E-state index is -0.424. The van der Waals surface area contributed by atoms with Gasteiger partial charge < -0.3 is 19.9 Å². The van der Waals surface area contributed by atoms with Crippen molar-refractivity contribution in [2.45, 2.75) is 12.1 Å². The molecule has 2 rings (SSSR count). The van der Waals surface area contributed by atoms with E-state index in [1.165, 1.54) is 0 Å². The number of ether oxygens (including phenoxy) is 2. The van der Waals surface area contributed by atoms with Crippen LogP contribution in [0, 0.1) is 0 Å². The molecule has 2 N–H and O–H groups in total. The van der Waals surface area contributed by atoms with Gasteiger partial charge in [0, 0.05) is 5.69 Å². The Bertz CT molecular complexity index is 312. The molecule has 0 amide bonds. The van der Waals surface area contributed by atoms with E-state index in [0.717, 1.165) is 11.4 Å². The number of hydrogen-bond acceptors (Lipinski definition) is 4. The lowest BCUT2D eigenvalue weighted by Crippen LogP contribution is -2.31. The van der Waals surface area contributed by atoms with Crippen LogP contribution in [0.1, 0.15) is 0 Å². The highest BCUT2D eigenvalue weighted by Gasteiger charge is 2.25. The van der Waals surface area contributed by atoms with Gasteiger partial charge in [-0.25, -0.2) is 0 Å². The highest BCUT2D eigenvalue weighted by molar-refractivity contribution is 5.47. The Kier molecular flexibility index (Phi) is 3.08. The van der Waals surface area contributed by atoms with E-state index in [1.807, 2.05) is 24.3 Å². The van der Waals surface area contributed by atoms with Gasteiger partial charge in [0.25, 0.3) is 0 Å². The summed E-state index contributed by atoms with van der Waals surface area (Å²) in [5.74, 6) is 0.823. The maximum atomic E-state index is 9.54. The minimum Gasteiger partial charge on any atom is -0.497 e. The summed E-state index contributed by atoms with van der Waals surface area (Å²) in [6, 6.07) is 7.58. The zero-order valence-electron chi connectivity index (χ0n) is 8.64. The SMILES string of the molecule is COc1ccc(NC2COCC2O)cc1. The second-order valence-electron chi connectivity index (χ2n) is 3.58. The monoisotopic (exact) mass is 209 g/mol. The molecule has 4 heteroatoms. The second-order valence-corrected chi connectivity index (χ2v) is 3.58. The number of aliphatic hydroxyl groups is 1. The van der Waals surface area contributed by atoms with Crippen LogP contribution in [0.25, 0.3) is 0 Å². The highest BCUT2D eigenvalue weighted by atomic mass is 16.5. The van der Waals surface area contributed by atoms with Crippen LogP contribution in [0.2, 0.25) is 0 Å². The summed E-state index contributed by atoms with van der Waals surface area (Å²) in [5, 5.41) is 12.8. The molecule has 1 fully saturated rings. The molecule has 4 nitrogen and oxygen atoms in total. The van der Waals surface area contributed by atoms with E-state index in [4.69, 9.17) is 9.47 Å². The molecule has 1 saturated heterocycles. The Morgan fingerprint density at radius 1 is 1.33 bits per heavy atom. The Labute approximate surface area is 88.8 Å². The summed E-state index contributed by atoms with van der Waals surface area (Å²) in [7, 11) is 1.64. The van der Waals surface area contributed by atoms with Gasteiger partial charge in [0.2, 0.25) is 0 Å². The van der Waals surface area contributed by atoms with Gasteiger partial charge in [0.1, 0.15) is 5.75 Å². The first-order chi connectivity index (χ1) is 7.29. The lowest BCUT2D eigenvalue weighted by atomic mass is 10.2. The second kappa shape index (κ2) is 4.51. The molecule has 0 saturated carbocycles. The molecule has 0 radical (unpaired) electrons. The van der Waals surface area contributed by atoms with E-state index in [0.29, 0.717) is 13.2 Å². The van der Waals surface area contributed by atoms with Crippen molar-refractivity contribution in [3.63, 3.8) is 0 Å². The molecule has 0 spiro atoms. The number of benzene rings is 1. The van der Waals surface area contributed by atoms with Gasteiger partial charge in [0.15, 0.2) is 0 Å². The number of nitrogens with one attached hydrogen (secondary N) is 1. The van der Waals surface area contributed by atoms with Gasteiger partial charge in [-0.3, -0.25) is 0 Å². The van der Waals surface area contributed by atoms with E-state index >= 15 is 0 Å². The number of aliphatic hydroxyl groups excluding tert-OH is 1. The van der Waals surface area contributed by atoms with E-state index in [9.17, 15) is 5.11 Å². The molecule has 2 atom stereocenters. The van der Waals surface area contributed by atoms with Crippen LogP contribution in [0.4, 0.5) is 5.69 Å². The molecule has 1 heterocycles. The maximum Gasteiger partial charge on any atom is 0.119 e. The largest absolute Gasteiger partial charge is 0.497 e. The Morgan fingerprint density at radius 3 is 2.60 bits per heavy atom. The third-order valence-corrected chi connectivity index (χ3v) is 2.49. The molecule has 15 heavy (non-hydrogen) atoms. The van der Waals surface area contributed by atoms with E-state index in [-0.39, 0.29) is 6.04 Å². The third kappa shape index (κ3) is 2.40. The average molecular weight is 209 g/mol. The summed E-state index contributed by atoms with van der Waals surface area (Å²) >= 11 is 0. The molecule has 0 bridgehead atoms. The molecular weight excluding hydrogens is 194 g/mol. The standard InChI is InChI=1S/C11H15NO3/c1-14-9-4-2-8(3-5-9)12-10-6-15-7-11(10)13/h2-5,10-13H,6-7H2,1H3. The highest BCUT2D eigenvalue weighted by Crippen LogP contribution is 2.18. The van der Waals surface area contributed by atoms with Crippen molar-refractivity contribution in [3.05, 3.63) is 24.3 Å². The molecule has 0 aliphatic carbocycles. The van der Waals surface area contributed by atoms with Crippen LogP contribution in [0.5, 0.6) is 5.75 Å². The predicted octanol–water partition coefficient (Wildman–Crippen LogP) is 0.867. The molecule has 1 aliphatic rings. The first-order valence-electron chi connectivity index (χ1n) is 4.96. The van der Waals surface area contributed by atoms with Crippen molar-refractivity contribution in [3.8, 4) is 5.75 Å². The van der Waals surface area contributed by atoms with Crippen molar-refractivity contribution in [2.24, 2.45) is 0 Å². The molecular formula is C11H15NO3. The fourth-order valence-corrected chi connectivity index (χ4v) is 1.58. The summed E-state index contributed by atoms with van der Waals surface area (Å²) in [6.45, 7) is 0.959. The van der Waals surface area contributed by atoms with Crippen LogP contribution < -0.4 is 10.1 Å². The molecule has 1 aliphatic heterocycles. The minimum absolute atomic E-state index is 0.0154. The number of anilines is 1. The fourth-order valence-electron chi connectivity index (χ4n) is 1.58. The zero-order chi connectivity index (χ0) is 10.7. The van der Waals surface area contributed by atoms with Crippen molar-refractivity contribution in [2.75, 3.05) is 25.6 Å². The lowest BCUT2D eigenvalue weighted by Gasteiger charge is -2.15. The summed E-state index contributed by atoms with van der Waals surface area (Å²) < 4.78 is 10.2. The van der Waals surface area contributed by atoms with Gasteiger partial charge >= 0.3 is 0 Å². The van der Waals surface area contributed by atoms with Crippen molar-refractivity contribution < 1.29 is 14.6 Å². The molecule has 2 unspecified atom stereocenters. The number of methoxy groups -OCH3 is 1. The Morgan fingerprint density at radius 2 is 2.07 bits per heavy atom. The van der Waals surface area contributed by atoms with Crippen LogP contribution in [0.15, 0.2) is 24.3 Å². The quantitative estimate of drug-likeness (QED) is 0.775.